The Labute approximate surface area is 176 Å². The molecular formula is C22H27N5OS. The lowest BCUT2D eigenvalue weighted by Crippen LogP contribution is -2.24. The summed E-state index contributed by atoms with van der Waals surface area (Å²) in [6.45, 7) is 12.2. The number of anilines is 1. The van der Waals surface area contributed by atoms with Crippen molar-refractivity contribution in [3.8, 4) is 5.69 Å². The third-order valence-electron chi connectivity index (χ3n) is 4.86. The Morgan fingerprint density at radius 1 is 1.07 bits per heavy atom. The Bertz CT molecular complexity index is 1030. The molecule has 6 nitrogen and oxygen atoms in total. The summed E-state index contributed by atoms with van der Waals surface area (Å²) in [7, 11) is 0. The summed E-state index contributed by atoms with van der Waals surface area (Å²) < 4.78 is 1.70. The minimum atomic E-state index is -0.357. The number of para-hydroxylation sites is 1. The Hall–Kier alpha value is -2.67. The maximum Gasteiger partial charge on any atom is 0.237 e. The van der Waals surface area contributed by atoms with Gasteiger partial charge in [0, 0.05) is 5.69 Å². The lowest BCUT2D eigenvalue weighted by molar-refractivity contribution is -0.115. The zero-order valence-electron chi connectivity index (χ0n) is 17.7. The molecule has 0 saturated heterocycles. The van der Waals surface area contributed by atoms with Gasteiger partial charge in [0.15, 0.2) is 0 Å². The summed E-state index contributed by atoms with van der Waals surface area (Å²) >= 11 is 1.35. The number of rotatable bonds is 6. The molecule has 1 atom stereocenters. The summed E-state index contributed by atoms with van der Waals surface area (Å²) in [4.78, 5) is 12.9. The van der Waals surface area contributed by atoms with Crippen molar-refractivity contribution in [3.63, 3.8) is 0 Å². The second-order valence-corrected chi connectivity index (χ2v) is 8.91. The monoisotopic (exact) mass is 409 g/mol. The summed E-state index contributed by atoms with van der Waals surface area (Å²) in [6.07, 6.45) is 0. The number of hydrogen-bond donors (Lipinski definition) is 1. The molecule has 1 N–H and O–H groups in total. The van der Waals surface area contributed by atoms with Crippen molar-refractivity contribution in [3.05, 3.63) is 58.7 Å². The average Bonchev–Trinajstić information content (AvgIpc) is 3.12. The minimum Gasteiger partial charge on any atom is -0.325 e. The summed E-state index contributed by atoms with van der Waals surface area (Å²) in [5.74, 6) is 0.256. The Balaban J connectivity index is 1.81. The highest BCUT2D eigenvalue weighted by atomic mass is 32.2. The van der Waals surface area contributed by atoms with Crippen molar-refractivity contribution >= 4 is 23.4 Å². The fourth-order valence-corrected chi connectivity index (χ4v) is 3.93. The number of nitrogens with one attached hydrogen (secondary N) is 1. The Kier molecular flexibility index (Phi) is 6.37. The van der Waals surface area contributed by atoms with Gasteiger partial charge in [0.25, 0.3) is 0 Å². The fraction of sp³-hybridized carbons (Fsp3) is 0.364. The summed E-state index contributed by atoms with van der Waals surface area (Å²) in [5, 5.41) is 15.5. The molecule has 1 amide bonds. The lowest BCUT2D eigenvalue weighted by Gasteiger charge is -2.18. The van der Waals surface area contributed by atoms with E-state index >= 15 is 0 Å². The van der Waals surface area contributed by atoms with Gasteiger partial charge in [-0.05, 0) is 72.4 Å². The molecule has 0 radical (unpaired) electrons. The van der Waals surface area contributed by atoms with Crippen LogP contribution in [0.1, 0.15) is 48.9 Å². The average molecular weight is 410 g/mol. The highest BCUT2D eigenvalue weighted by Gasteiger charge is 2.21. The molecule has 0 aliphatic rings. The van der Waals surface area contributed by atoms with Crippen LogP contribution in [0.15, 0.2) is 41.6 Å². The summed E-state index contributed by atoms with van der Waals surface area (Å²) in [6, 6.07) is 12.2. The van der Waals surface area contributed by atoms with Gasteiger partial charge >= 0.3 is 0 Å². The number of aromatic nitrogens is 4. The number of thioether (sulfide) groups is 1. The van der Waals surface area contributed by atoms with Crippen LogP contribution >= 0.6 is 11.8 Å². The van der Waals surface area contributed by atoms with E-state index in [1.54, 1.807) is 4.68 Å². The molecule has 3 aromatic rings. The second-order valence-electron chi connectivity index (χ2n) is 7.61. The number of benzene rings is 2. The van der Waals surface area contributed by atoms with Crippen molar-refractivity contribution in [2.45, 2.75) is 57.9 Å². The van der Waals surface area contributed by atoms with Crippen LogP contribution in [-0.2, 0) is 4.79 Å². The van der Waals surface area contributed by atoms with Crippen LogP contribution in [0.5, 0.6) is 0 Å². The quantitative estimate of drug-likeness (QED) is 0.590. The van der Waals surface area contributed by atoms with Gasteiger partial charge in [-0.1, -0.05) is 55.9 Å². The normalized spacial score (nSPS) is 12.2. The van der Waals surface area contributed by atoms with Crippen LogP contribution in [0, 0.1) is 20.8 Å². The van der Waals surface area contributed by atoms with E-state index < -0.39 is 0 Å². The number of aryl methyl sites for hydroxylation is 3. The number of carbonyl (C=O) groups excluding carboxylic acids is 1. The van der Waals surface area contributed by atoms with E-state index in [2.05, 4.69) is 46.8 Å². The van der Waals surface area contributed by atoms with Crippen LogP contribution in [0.2, 0.25) is 0 Å². The minimum absolute atomic E-state index is 0.0679. The molecule has 0 aliphatic carbocycles. The van der Waals surface area contributed by atoms with Crippen LogP contribution in [0.25, 0.3) is 5.69 Å². The molecule has 0 spiro atoms. The van der Waals surface area contributed by atoms with Crippen LogP contribution in [-0.4, -0.2) is 31.4 Å². The molecular weight excluding hydrogens is 382 g/mol. The van der Waals surface area contributed by atoms with E-state index in [0.29, 0.717) is 11.1 Å². The Morgan fingerprint density at radius 2 is 1.83 bits per heavy atom. The Morgan fingerprint density at radius 3 is 2.55 bits per heavy atom. The van der Waals surface area contributed by atoms with Crippen LogP contribution < -0.4 is 5.32 Å². The largest absolute Gasteiger partial charge is 0.325 e. The van der Waals surface area contributed by atoms with Crippen LogP contribution in [0.4, 0.5) is 5.69 Å². The highest BCUT2D eigenvalue weighted by molar-refractivity contribution is 8.00. The first-order chi connectivity index (χ1) is 13.8. The van der Waals surface area contributed by atoms with Gasteiger partial charge in [0.1, 0.15) is 0 Å². The van der Waals surface area contributed by atoms with Gasteiger partial charge in [0.05, 0.1) is 10.9 Å². The number of tetrazole rings is 1. The maximum absolute atomic E-state index is 12.9. The molecule has 1 aromatic heterocycles. The number of amides is 1. The van der Waals surface area contributed by atoms with Crippen LogP contribution in [0.3, 0.4) is 0 Å². The summed E-state index contributed by atoms with van der Waals surface area (Å²) in [5.41, 5.74) is 6.21. The molecule has 152 valence electrons. The molecule has 2 aromatic carbocycles. The number of nitrogens with zero attached hydrogens (tertiary/aromatic N) is 4. The molecule has 0 fully saturated rings. The topological polar surface area (TPSA) is 72.7 Å². The first kappa shape index (κ1) is 21.0. The SMILES string of the molecule is Cc1ccc(C)c(-n2nnnc2S[C@@H](C)C(=O)Nc2c(C)cccc2C(C)C)c1. The smallest absolute Gasteiger partial charge is 0.237 e. The predicted octanol–water partition coefficient (Wildman–Crippen LogP) is 4.83. The van der Waals surface area contributed by atoms with E-state index in [0.717, 1.165) is 33.6 Å². The van der Waals surface area contributed by atoms with E-state index in [1.807, 2.05) is 52.0 Å². The third kappa shape index (κ3) is 4.67. The number of carbonyl (C=O) groups is 1. The molecule has 7 heteroatoms. The highest BCUT2D eigenvalue weighted by Crippen LogP contribution is 2.30. The van der Waals surface area contributed by atoms with Gasteiger partial charge in [-0.3, -0.25) is 4.79 Å². The van der Waals surface area contributed by atoms with Gasteiger partial charge in [-0.25, -0.2) is 0 Å². The molecule has 0 unspecified atom stereocenters. The molecule has 3 rings (SSSR count). The fourth-order valence-electron chi connectivity index (χ4n) is 3.13. The maximum atomic E-state index is 12.9. The van der Waals surface area contributed by atoms with Crippen molar-refractivity contribution in [2.24, 2.45) is 0 Å². The molecule has 1 heterocycles. The van der Waals surface area contributed by atoms with Gasteiger partial charge in [-0.15, -0.1) is 5.10 Å². The van der Waals surface area contributed by atoms with Crippen molar-refractivity contribution in [2.75, 3.05) is 5.32 Å². The van der Waals surface area contributed by atoms with Crippen molar-refractivity contribution in [1.82, 2.24) is 20.2 Å². The zero-order chi connectivity index (χ0) is 21.1. The van der Waals surface area contributed by atoms with Gasteiger partial charge < -0.3 is 5.32 Å². The molecule has 29 heavy (non-hydrogen) atoms. The van der Waals surface area contributed by atoms with Crippen molar-refractivity contribution < 1.29 is 4.79 Å². The zero-order valence-corrected chi connectivity index (χ0v) is 18.5. The van der Waals surface area contributed by atoms with E-state index in [-0.39, 0.29) is 11.2 Å². The van der Waals surface area contributed by atoms with Gasteiger partial charge in [-0.2, -0.15) is 4.68 Å². The van der Waals surface area contributed by atoms with Gasteiger partial charge in [0.2, 0.25) is 11.1 Å². The molecule has 0 bridgehead atoms. The molecule has 0 aliphatic heterocycles. The second kappa shape index (κ2) is 8.78. The molecule has 0 saturated carbocycles. The first-order valence-corrected chi connectivity index (χ1v) is 10.6. The van der Waals surface area contributed by atoms with Crippen molar-refractivity contribution in [1.29, 1.82) is 0 Å². The van der Waals surface area contributed by atoms with E-state index in [1.165, 1.54) is 11.8 Å². The predicted molar refractivity (Wildman–Crippen MR) is 118 cm³/mol. The lowest BCUT2D eigenvalue weighted by atomic mass is 9.98. The standard InChI is InChI=1S/C22H27N5OS/c1-13(2)18-9-7-8-16(5)20(18)23-21(28)17(6)29-22-24-25-26-27(22)19-12-14(3)10-11-15(19)4/h7-13,17H,1-6H3,(H,23,28)/t17-/m0/s1. The third-order valence-corrected chi connectivity index (χ3v) is 5.89. The number of hydrogen-bond acceptors (Lipinski definition) is 5. The first-order valence-electron chi connectivity index (χ1n) is 9.71. The van der Waals surface area contributed by atoms with E-state index in [9.17, 15) is 4.79 Å². The van der Waals surface area contributed by atoms with E-state index in [4.69, 9.17) is 0 Å².